The average Bonchev–Trinajstić information content (AvgIpc) is 2.46. The van der Waals surface area contributed by atoms with Gasteiger partial charge >= 0.3 is 0 Å². The Morgan fingerprint density at radius 2 is 2.07 bits per heavy atom. The molecule has 4 nitrogen and oxygen atoms in total. The maximum Gasteiger partial charge on any atom is 0.0789 e. The predicted molar refractivity (Wildman–Crippen MR) is 60.7 cm³/mol. The van der Waals surface area contributed by atoms with Crippen LogP contribution in [0.4, 0.5) is 0 Å². The van der Waals surface area contributed by atoms with Crippen molar-refractivity contribution in [3.05, 3.63) is 0 Å². The number of likely N-dealkylation sites (N-methyl/N-ethyl adjacent to an activating group) is 1. The lowest BCUT2D eigenvalue weighted by Gasteiger charge is -2.27. The molecule has 0 aliphatic carbocycles. The van der Waals surface area contributed by atoms with Gasteiger partial charge in [-0.15, -0.1) is 0 Å². The van der Waals surface area contributed by atoms with Crippen LogP contribution in [0.3, 0.4) is 0 Å². The summed E-state index contributed by atoms with van der Waals surface area (Å²) in [4.78, 5) is 4.90. The molecule has 0 aromatic rings. The van der Waals surface area contributed by atoms with Crippen LogP contribution < -0.4 is 5.73 Å². The Kier molecular flexibility index (Phi) is 3.61. The first-order chi connectivity index (χ1) is 7.20. The molecular formula is C11H23N3O. The van der Waals surface area contributed by atoms with Crippen LogP contribution in [0.5, 0.6) is 0 Å². The van der Waals surface area contributed by atoms with Crippen molar-refractivity contribution < 1.29 is 5.11 Å². The van der Waals surface area contributed by atoms with E-state index in [2.05, 4.69) is 16.8 Å². The highest BCUT2D eigenvalue weighted by Crippen LogP contribution is 2.28. The molecule has 2 aliphatic heterocycles. The Morgan fingerprint density at radius 3 is 2.80 bits per heavy atom. The van der Waals surface area contributed by atoms with Gasteiger partial charge in [0.1, 0.15) is 0 Å². The quantitative estimate of drug-likeness (QED) is 0.662. The smallest absolute Gasteiger partial charge is 0.0789 e. The van der Waals surface area contributed by atoms with Crippen molar-refractivity contribution in [1.82, 2.24) is 9.80 Å². The molecule has 3 unspecified atom stereocenters. The molecule has 2 bridgehead atoms. The van der Waals surface area contributed by atoms with Crippen LogP contribution in [0.2, 0.25) is 0 Å². The van der Waals surface area contributed by atoms with Crippen molar-refractivity contribution in [3.63, 3.8) is 0 Å². The second-order valence-electron chi connectivity index (χ2n) is 4.99. The number of nitrogens with zero attached hydrogens (tertiary/aromatic N) is 2. The highest BCUT2D eigenvalue weighted by atomic mass is 16.3. The topological polar surface area (TPSA) is 52.7 Å². The van der Waals surface area contributed by atoms with E-state index >= 15 is 0 Å². The number of rotatable bonds is 3. The number of hydrogen-bond acceptors (Lipinski definition) is 4. The van der Waals surface area contributed by atoms with Crippen LogP contribution in [0.1, 0.15) is 19.3 Å². The van der Waals surface area contributed by atoms with Crippen molar-refractivity contribution in [2.45, 2.75) is 37.5 Å². The molecule has 0 spiro atoms. The van der Waals surface area contributed by atoms with Crippen molar-refractivity contribution in [1.29, 1.82) is 0 Å². The van der Waals surface area contributed by atoms with Crippen LogP contribution >= 0.6 is 0 Å². The summed E-state index contributed by atoms with van der Waals surface area (Å²) in [5, 5.41) is 9.56. The fourth-order valence-corrected chi connectivity index (χ4v) is 2.92. The van der Waals surface area contributed by atoms with Gasteiger partial charge in [-0.3, -0.25) is 9.80 Å². The van der Waals surface area contributed by atoms with E-state index in [0.717, 1.165) is 25.7 Å². The Bertz CT molecular complexity index is 212. The van der Waals surface area contributed by atoms with Crippen molar-refractivity contribution in [3.8, 4) is 0 Å². The van der Waals surface area contributed by atoms with Gasteiger partial charge in [0.2, 0.25) is 0 Å². The molecule has 2 fully saturated rings. The monoisotopic (exact) mass is 213 g/mol. The van der Waals surface area contributed by atoms with Crippen LogP contribution in [-0.4, -0.2) is 66.3 Å². The van der Waals surface area contributed by atoms with Gasteiger partial charge in [-0.05, 0) is 32.9 Å². The van der Waals surface area contributed by atoms with Gasteiger partial charge in [-0.1, -0.05) is 0 Å². The minimum Gasteiger partial charge on any atom is -0.390 e. The molecule has 4 heteroatoms. The Labute approximate surface area is 92.0 Å². The summed E-state index contributed by atoms with van der Waals surface area (Å²) in [6.07, 6.45) is 3.56. The van der Waals surface area contributed by atoms with Gasteiger partial charge in [-0.2, -0.15) is 0 Å². The second kappa shape index (κ2) is 4.78. The molecule has 2 saturated heterocycles. The fourth-order valence-electron chi connectivity index (χ4n) is 2.92. The minimum atomic E-state index is -0.355. The SMILES string of the molecule is CN1C2CCC1CN(CC(O)CN)CC2. The number of nitrogens with two attached hydrogens (primary N) is 1. The molecular weight excluding hydrogens is 190 g/mol. The van der Waals surface area contributed by atoms with Crippen molar-refractivity contribution >= 4 is 0 Å². The summed E-state index contributed by atoms with van der Waals surface area (Å²) in [6.45, 7) is 3.33. The maximum absolute atomic E-state index is 9.56. The number of aliphatic hydroxyl groups excluding tert-OH is 1. The van der Waals surface area contributed by atoms with Gasteiger partial charge in [0, 0.05) is 31.7 Å². The standard InChI is InChI=1S/C11H23N3O/c1-13-9-2-3-10(13)7-14(5-4-9)8-11(15)6-12/h9-11,15H,2-8,12H2,1H3. The predicted octanol–water partition coefficient (Wildman–Crippen LogP) is -0.525. The number of likely N-dealkylation sites (tertiary alicyclic amines) is 1. The van der Waals surface area contributed by atoms with Gasteiger partial charge in [0.25, 0.3) is 0 Å². The van der Waals surface area contributed by atoms with E-state index in [0.29, 0.717) is 12.6 Å². The Morgan fingerprint density at radius 1 is 1.33 bits per heavy atom. The number of β-amino-alcohol motifs (C(OH)–C–C–N with tert-alkyl or cyclic N) is 1. The molecule has 3 N–H and O–H groups in total. The summed E-state index contributed by atoms with van der Waals surface area (Å²) in [5.41, 5.74) is 5.44. The van der Waals surface area contributed by atoms with E-state index in [1.54, 1.807) is 0 Å². The summed E-state index contributed by atoms with van der Waals surface area (Å²) in [7, 11) is 2.24. The Hall–Kier alpha value is -0.160. The zero-order chi connectivity index (χ0) is 10.8. The average molecular weight is 213 g/mol. The third-order valence-electron chi connectivity index (χ3n) is 3.97. The molecule has 0 radical (unpaired) electrons. The van der Waals surface area contributed by atoms with E-state index in [1.807, 2.05) is 0 Å². The molecule has 0 amide bonds. The molecule has 2 aliphatic rings. The summed E-state index contributed by atoms with van der Waals surface area (Å²) in [6, 6.07) is 1.47. The van der Waals surface area contributed by atoms with Crippen LogP contribution in [0.15, 0.2) is 0 Å². The van der Waals surface area contributed by atoms with E-state index in [4.69, 9.17) is 5.73 Å². The molecule has 15 heavy (non-hydrogen) atoms. The lowest BCUT2D eigenvalue weighted by molar-refractivity contribution is 0.112. The van der Waals surface area contributed by atoms with Crippen LogP contribution in [-0.2, 0) is 0 Å². The number of hydrogen-bond donors (Lipinski definition) is 2. The summed E-state index contributed by atoms with van der Waals surface area (Å²) >= 11 is 0. The lowest BCUT2D eigenvalue weighted by atomic mass is 10.1. The van der Waals surface area contributed by atoms with E-state index in [1.165, 1.54) is 19.3 Å². The highest BCUT2D eigenvalue weighted by molar-refractivity contribution is 4.91. The largest absolute Gasteiger partial charge is 0.390 e. The van der Waals surface area contributed by atoms with Gasteiger partial charge < -0.3 is 10.8 Å². The second-order valence-corrected chi connectivity index (χ2v) is 4.99. The molecule has 0 saturated carbocycles. The molecule has 0 aromatic carbocycles. The van der Waals surface area contributed by atoms with E-state index < -0.39 is 0 Å². The maximum atomic E-state index is 9.56. The van der Waals surface area contributed by atoms with E-state index in [9.17, 15) is 5.11 Å². The van der Waals surface area contributed by atoms with Crippen LogP contribution in [0, 0.1) is 0 Å². The highest BCUT2D eigenvalue weighted by Gasteiger charge is 2.34. The molecule has 88 valence electrons. The molecule has 0 aromatic heterocycles. The van der Waals surface area contributed by atoms with Gasteiger partial charge in [0.05, 0.1) is 6.10 Å². The van der Waals surface area contributed by atoms with Crippen molar-refractivity contribution in [2.75, 3.05) is 33.2 Å². The zero-order valence-electron chi connectivity index (χ0n) is 9.60. The zero-order valence-corrected chi connectivity index (χ0v) is 9.60. The number of fused-ring (bicyclic) bond motifs is 2. The molecule has 2 heterocycles. The first-order valence-corrected chi connectivity index (χ1v) is 6.03. The molecule has 2 rings (SSSR count). The summed E-state index contributed by atoms with van der Waals surface area (Å²) < 4.78 is 0. The fraction of sp³-hybridized carbons (Fsp3) is 1.00. The molecule has 3 atom stereocenters. The normalized spacial score (nSPS) is 35.4. The van der Waals surface area contributed by atoms with Gasteiger partial charge in [0.15, 0.2) is 0 Å². The van der Waals surface area contributed by atoms with Gasteiger partial charge in [-0.25, -0.2) is 0 Å². The first kappa shape index (κ1) is 11.3. The summed E-state index contributed by atoms with van der Waals surface area (Å²) in [5.74, 6) is 0. The minimum absolute atomic E-state index is 0.355. The van der Waals surface area contributed by atoms with E-state index in [-0.39, 0.29) is 6.10 Å². The first-order valence-electron chi connectivity index (χ1n) is 6.03. The lowest BCUT2D eigenvalue weighted by Crippen LogP contribution is -2.41. The Balaban J connectivity index is 1.89. The van der Waals surface area contributed by atoms with Crippen LogP contribution in [0.25, 0.3) is 0 Å². The number of aliphatic hydroxyl groups is 1. The third kappa shape index (κ3) is 2.50. The van der Waals surface area contributed by atoms with Crippen molar-refractivity contribution in [2.24, 2.45) is 5.73 Å². The third-order valence-corrected chi connectivity index (χ3v) is 3.97.